The SMILES string of the molecule is CN1CCN(C(=O)c2nc(Cl)ccc2Cl)c2ccccc21. The summed E-state index contributed by atoms with van der Waals surface area (Å²) in [6.07, 6.45) is 0. The van der Waals surface area contributed by atoms with Crippen LogP contribution in [0.5, 0.6) is 0 Å². The highest BCUT2D eigenvalue weighted by atomic mass is 35.5. The average molecular weight is 322 g/mol. The van der Waals surface area contributed by atoms with Crippen molar-refractivity contribution in [1.29, 1.82) is 0 Å². The van der Waals surface area contributed by atoms with Crippen molar-refractivity contribution in [3.63, 3.8) is 0 Å². The number of fused-ring (bicyclic) bond motifs is 1. The van der Waals surface area contributed by atoms with Crippen LogP contribution in [-0.2, 0) is 0 Å². The second kappa shape index (κ2) is 5.54. The van der Waals surface area contributed by atoms with Crippen LogP contribution in [0.1, 0.15) is 10.5 Å². The number of anilines is 2. The minimum absolute atomic E-state index is 0.184. The molecule has 21 heavy (non-hydrogen) atoms. The Balaban J connectivity index is 2.03. The van der Waals surface area contributed by atoms with Crippen molar-refractivity contribution in [2.75, 3.05) is 29.9 Å². The first-order chi connectivity index (χ1) is 10.1. The highest BCUT2D eigenvalue weighted by molar-refractivity contribution is 6.35. The van der Waals surface area contributed by atoms with E-state index in [1.54, 1.807) is 17.0 Å². The van der Waals surface area contributed by atoms with Gasteiger partial charge in [-0.1, -0.05) is 35.3 Å². The number of likely N-dealkylation sites (N-methyl/N-ethyl adjacent to an activating group) is 1. The fraction of sp³-hybridized carbons (Fsp3) is 0.200. The Morgan fingerprint density at radius 1 is 1.10 bits per heavy atom. The minimum atomic E-state index is -0.233. The van der Waals surface area contributed by atoms with Gasteiger partial charge in [0.15, 0.2) is 0 Å². The van der Waals surface area contributed by atoms with Crippen LogP contribution in [0.15, 0.2) is 36.4 Å². The van der Waals surface area contributed by atoms with Gasteiger partial charge in [0.25, 0.3) is 5.91 Å². The van der Waals surface area contributed by atoms with Gasteiger partial charge in [0.05, 0.1) is 16.4 Å². The Labute approximate surface area is 132 Å². The molecule has 0 atom stereocenters. The van der Waals surface area contributed by atoms with Gasteiger partial charge in [0, 0.05) is 20.1 Å². The van der Waals surface area contributed by atoms with Gasteiger partial charge in [0.2, 0.25) is 0 Å². The van der Waals surface area contributed by atoms with E-state index in [9.17, 15) is 4.79 Å². The van der Waals surface area contributed by atoms with Gasteiger partial charge in [0.1, 0.15) is 10.8 Å². The predicted octanol–water partition coefficient (Wildman–Crippen LogP) is 3.49. The number of para-hydroxylation sites is 2. The molecule has 0 N–H and O–H groups in total. The van der Waals surface area contributed by atoms with Crippen molar-refractivity contribution in [2.45, 2.75) is 0 Å². The molecule has 1 aliphatic rings. The molecule has 3 rings (SSSR count). The molecule has 0 spiro atoms. The lowest BCUT2D eigenvalue weighted by atomic mass is 10.1. The highest BCUT2D eigenvalue weighted by Crippen LogP contribution is 2.33. The van der Waals surface area contributed by atoms with E-state index in [4.69, 9.17) is 23.2 Å². The van der Waals surface area contributed by atoms with Gasteiger partial charge >= 0.3 is 0 Å². The standard InChI is InChI=1S/C15H13Cl2N3O/c1-19-8-9-20(12-5-3-2-4-11(12)19)15(21)14-10(16)6-7-13(17)18-14/h2-7H,8-9H2,1H3. The molecular weight excluding hydrogens is 309 g/mol. The van der Waals surface area contributed by atoms with Crippen molar-refractivity contribution in [3.8, 4) is 0 Å². The number of amides is 1. The van der Waals surface area contributed by atoms with Crippen LogP contribution in [0.3, 0.4) is 0 Å². The monoisotopic (exact) mass is 321 g/mol. The normalized spacial score (nSPS) is 14.0. The van der Waals surface area contributed by atoms with E-state index in [0.29, 0.717) is 11.6 Å². The lowest BCUT2D eigenvalue weighted by Crippen LogP contribution is -2.43. The third-order valence-corrected chi connectivity index (χ3v) is 4.02. The summed E-state index contributed by atoms with van der Waals surface area (Å²) < 4.78 is 0. The first kappa shape index (κ1) is 14.2. The molecule has 0 fully saturated rings. The number of hydrogen-bond donors (Lipinski definition) is 0. The van der Waals surface area contributed by atoms with Crippen LogP contribution in [-0.4, -0.2) is 31.0 Å². The van der Waals surface area contributed by atoms with E-state index in [2.05, 4.69) is 9.88 Å². The molecule has 0 radical (unpaired) electrons. The maximum atomic E-state index is 12.7. The number of rotatable bonds is 1. The van der Waals surface area contributed by atoms with Crippen LogP contribution in [0.25, 0.3) is 0 Å². The van der Waals surface area contributed by atoms with Crippen LogP contribution in [0.2, 0.25) is 10.2 Å². The number of halogens is 2. The zero-order chi connectivity index (χ0) is 15.0. The molecule has 1 amide bonds. The number of nitrogens with zero attached hydrogens (tertiary/aromatic N) is 3. The fourth-order valence-corrected chi connectivity index (χ4v) is 2.75. The van der Waals surface area contributed by atoms with E-state index in [-0.39, 0.29) is 16.8 Å². The molecule has 108 valence electrons. The third kappa shape index (κ3) is 2.57. The molecule has 2 heterocycles. The number of benzene rings is 1. The number of aromatic nitrogens is 1. The summed E-state index contributed by atoms with van der Waals surface area (Å²) in [6.45, 7) is 1.33. The van der Waals surface area contributed by atoms with E-state index >= 15 is 0 Å². The smallest absolute Gasteiger partial charge is 0.278 e. The second-order valence-corrected chi connectivity index (χ2v) is 5.63. The summed E-state index contributed by atoms with van der Waals surface area (Å²) in [6, 6.07) is 10.9. The molecule has 1 aliphatic heterocycles. The van der Waals surface area contributed by atoms with Gasteiger partial charge in [-0.25, -0.2) is 4.98 Å². The summed E-state index contributed by atoms with van der Waals surface area (Å²) in [5.74, 6) is -0.233. The Hall–Kier alpha value is -1.78. The topological polar surface area (TPSA) is 36.4 Å². The number of carbonyl (C=O) groups excluding carboxylic acids is 1. The first-order valence-electron chi connectivity index (χ1n) is 6.52. The molecule has 4 nitrogen and oxygen atoms in total. The lowest BCUT2D eigenvalue weighted by molar-refractivity contribution is 0.0982. The Kier molecular flexibility index (Phi) is 3.74. The Morgan fingerprint density at radius 3 is 2.57 bits per heavy atom. The number of hydrogen-bond acceptors (Lipinski definition) is 3. The Bertz CT molecular complexity index is 705. The molecule has 1 aromatic heterocycles. The first-order valence-corrected chi connectivity index (χ1v) is 7.27. The summed E-state index contributed by atoms with van der Waals surface area (Å²) in [7, 11) is 2.01. The molecule has 1 aromatic carbocycles. The quantitative estimate of drug-likeness (QED) is 0.754. The van der Waals surface area contributed by atoms with E-state index < -0.39 is 0 Å². The molecule has 0 aliphatic carbocycles. The molecule has 0 unspecified atom stereocenters. The maximum absolute atomic E-state index is 12.7. The van der Waals surface area contributed by atoms with Crippen LogP contribution < -0.4 is 9.80 Å². The predicted molar refractivity (Wildman–Crippen MR) is 85.6 cm³/mol. The minimum Gasteiger partial charge on any atom is -0.371 e. The molecule has 0 saturated heterocycles. The van der Waals surface area contributed by atoms with Gasteiger partial charge in [-0.2, -0.15) is 0 Å². The number of pyridine rings is 1. The summed E-state index contributed by atoms with van der Waals surface area (Å²) in [5, 5.41) is 0.561. The lowest BCUT2D eigenvalue weighted by Gasteiger charge is -2.35. The van der Waals surface area contributed by atoms with Gasteiger partial charge < -0.3 is 9.80 Å². The Morgan fingerprint density at radius 2 is 1.81 bits per heavy atom. The highest BCUT2D eigenvalue weighted by Gasteiger charge is 2.27. The average Bonchev–Trinajstić information content (AvgIpc) is 2.50. The molecule has 2 aromatic rings. The molecular formula is C15H13Cl2N3O. The summed E-state index contributed by atoms with van der Waals surface area (Å²) in [5.41, 5.74) is 2.05. The van der Waals surface area contributed by atoms with Crippen LogP contribution >= 0.6 is 23.2 Å². The molecule has 0 saturated carbocycles. The van der Waals surface area contributed by atoms with Gasteiger partial charge in [-0.05, 0) is 24.3 Å². The van der Waals surface area contributed by atoms with E-state index in [0.717, 1.165) is 17.9 Å². The summed E-state index contributed by atoms with van der Waals surface area (Å²) >= 11 is 12.0. The third-order valence-electron chi connectivity index (χ3n) is 3.50. The second-order valence-electron chi connectivity index (χ2n) is 4.83. The van der Waals surface area contributed by atoms with Crippen LogP contribution in [0.4, 0.5) is 11.4 Å². The maximum Gasteiger partial charge on any atom is 0.278 e. The van der Waals surface area contributed by atoms with Crippen molar-refractivity contribution >= 4 is 40.5 Å². The fourth-order valence-electron chi connectivity index (χ4n) is 2.41. The molecule has 0 bridgehead atoms. The summed E-state index contributed by atoms with van der Waals surface area (Å²) in [4.78, 5) is 20.6. The van der Waals surface area contributed by atoms with Gasteiger partial charge in [-0.15, -0.1) is 0 Å². The van der Waals surface area contributed by atoms with Crippen molar-refractivity contribution in [1.82, 2.24) is 4.98 Å². The van der Waals surface area contributed by atoms with Crippen LogP contribution in [0, 0.1) is 0 Å². The van der Waals surface area contributed by atoms with E-state index in [1.807, 2.05) is 31.3 Å². The van der Waals surface area contributed by atoms with Crippen molar-refractivity contribution < 1.29 is 4.79 Å². The zero-order valence-corrected chi connectivity index (χ0v) is 12.9. The zero-order valence-electron chi connectivity index (χ0n) is 11.4. The van der Waals surface area contributed by atoms with E-state index in [1.165, 1.54) is 0 Å². The van der Waals surface area contributed by atoms with Crippen molar-refractivity contribution in [2.24, 2.45) is 0 Å². The molecule has 6 heteroatoms. The number of carbonyl (C=O) groups is 1. The van der Waals surface area contributed by atoms with Crippen molar-refractivity contribution in [3.05, 3.63) is 52.3 Å². The largest absolute Gasteiger partial charge is 0.371 e. The van der Waals surface area contributed by atoms with Gasteiger partial charge in [-0.3, -0.25) is 4.79 Å².